The van der Waals surface area contributed by atoms with E-state index in [2.05, 4.69) is 76.2 Å². The number of rotatable bonds is 2. The SMILES string of the molecule is CC1C(C)C(C)C(C(C)C2C(C)C(C)C(C)C(C)C2C)C(C)C1C. The second-order valence-electron chi connectivity index (χ2n) is 10.6. The van der Waals surface area contributed by atoms with Gasteiger partial charge in [-0.3, -0.25) is 0 Å². The molecule has 0 saturated heterocycles. The van der Waals surface area contributed by atoms with Crippen molar-refractivity contribution in [2.24, 2.45) is 76.9 Å². The van der Waals surface area contributed by atoms with Crippen molar-refractivity contribution in [3.63, 3.8) is 0 Å². The molecule has 0 aromatic heterocycles. The Labute approximate surface area is 153 Å². The maximum Gasteiger partial charge on any atom is -0.0329 e. The van der Waals surface area contributed by atoms with Gasteiger partial charge in [0.2, 0.25) is 0 Å². The van der Waals surface area contributed by atoms with Crippen molar-refractivity contribution in [3.05, 3.63) is 0 Å². The molecule has 8 atom stereocenters. The lowest BCUT2D eigenvalue weighted by atomic mass is 9.50. The molecule has 8 unspecified atom stereocenters. The third-order valence-electron chi connectivity index (χ3n) is 10.3. The molecule has 142 valence electrons. The van der Waals surface area contributed by atoms with Crippen molar-refractivity contribution in [1.82, 2.24) is 0 Å². The minimum atomic E-state index is 0.856. The number of hydrogen-bond acceptors (Lipinski definition) is 0. The van der Waals surface area contributed by atoms with E-state index in [1.54, 1.807) is 0 Å². The van der Waals surface area contributed by atoms with Crippen LogP contribution in [0.4, 0.5) is 0 Å². The molecule has 2 aliphatic rings. The zero-order valence-electron chi connectivity index (χ0n) is 18.5. The Kier molecular flexibility index (Phi) is 6.19. The van der Waals surface area contributed by atoms with Crippen molar-refractivity contribution in [1.29, 1.82) is 0 Å². The summed E-state index contributed by atoms with van der Waals surface area (Å²) in [6.07, 6.45) is 0. The van der Waals surface area contributed by atoms with Crippen LogP contribution in [-0.2, 0) is 0 Å². The lowest BCUT2D eigenvalue weighted by molar-refractivity contribution is -0.0757. The zero-order valence-corrected chi connectivity index (χ0v) is 18.5. The summed E-state index contributed by atoms with van der Waals surface area (Å²) in [4.78, 5) is 0. The van der Waals surface area contributed by atoms with Crippen LogP contribution in [0.15, 0.2) is 0 Å². The second kappa shape index (κ2) is 7.32. The molecule has 0 spiro atoms. The van der Waals surface area contributed by atoms with Gasteiger partial charge in [0.25, 0.3) is 0 Å². The summed E-state index contributed by atoms with van der Waals surface area (Å²) in [5.74, 6) is 11.3. The molecule has 2 saturated carbocycles. The van der Waals surface area contributed by atoms with E-state index in [0.717, 1.165) is 76.9 Å². The lowest BCUT2D eigenvalue weighted by Crippen LogP contribution is -2.50. The Hall–Kier alpha value is 0. The first-order chi connectivity index (χ1) is 11.0. The first kappa shape index (κ1) is 20.3. The standard InChI is InChI=1S/C24H46/c1-12-14(3)18(7)23(19(8)15(12)4)22(11)24-20(9)16(5)13(2)17(6)21(24)10/h12-24H,1-11H3. The van der Waals surface area contributed by atoms with Gasteiger partial charge in [0.15, 0.2) is 0 Å². The minimum Gasteiger partial charge on any atom is -0.0620 e. The fraction of sp³-hybridized carbons (Fsp3) is 1.00. The van der Waals surface area contributed by atoms with Crippen molar-refractivity contribution in [2.45, 2.75) is 76.2 Å². The summed E-state index contributed by atoms with van der Waals surface area (Å²) in [5, 5.41) is 0. The second-order valence-corrected chi connectivity index (χ2v) is 10.6. The fourth-order valence-corrected chi connectivity index (χ4v) is 7.40. The average molecular weight is 335 g/mol. The van der Waals surface area contributed by atoms with Gasteiger partial charge in [-0.15, -0.1) is 0 Å². The molecule has 2 rings (SSSR count). The summed E-state index contributed by atoms with van der Waals surface area (Å²) in [7, 11) is 0. The van der Waals surface area contributed by atoms with Crippen LogP contribution in [0.1, 0.15) is 76.2 Å². The van der Waals surface area contributed by atoms with Gasteiger partial charge >= 0.3 is 0 Å². The van der Waals surface area contributed by atoms with Gasteiger partial charge in [0, 0.05) is 0 Å². The molecule has 0 N–H and O–H groups in total. The Bertz CT molecular complexity index is 342. The van der Waals surface area contributed by atoms with Crippen LogP contribution in [0.5, 0.6) is 0 Å². The molecule has 2 fully saturated rings. The van der Waals surface area contributed by atoms with Crippen molar-refractivity contribution >= 4 is 0 Å². The highest BCUT2D eigenvalue weighted by Crippen LogP contribution is 2.55. The molecule has 0 bridgehead atoms. The Morgan fingerprint density at radius 1 is 0.333 bits per heavy atom. The quantitative estimate of drug-likeness (QED) is 0.499. The van der Waals surface area contributed by atoms with Gasteiger partial charge in [0.1, 0.15) is 0 Å². The van der Waals surface area contributed by atoms with E-state index in [1.807, 2.05) is 0 Å². The molecule has 0 aliphatic heterocycles. The predicted molar refractivity (Wildman–Crippen MR) is 108 cm³/mol. The highest BCUT2D eigenvalue weighted by atomic mass is 14.5. The molecule has 2 aliphatic carbocycles. The largest absolute Gasteiger partial charge is 0.0620 e. The Morgan fingerprint density at radius 3 is 0.708 bits per heavy atom. The summed E-state index contributed by atoms with van der Waals surface area (Å²) in [6.45, 7) is 28.0. The van der Waals surface area contributed by atoms with Crippen molar-refractivity contribution in [2.75, 3.05) is 0 Å². The lowest BCUT2D eigenvalue weighted by Gasteiger charge is -2.56. The topological polar surface area (TPSA) is 0 Å². The van der Waals surface area contributed by atoms with Gasteiger partial charge in [-0.1, -0.05) is 76.2 Å². The van der Waals surface area contributed by atoms with Gasteiger partial charge < -0.3 is 0 Å². The van der Waals surface area contributed by atoms with Crippen molar-refractivity contribution in [3.8, 4) is 0 Å². The smallest absolute Gasteiger partial charge is 0.0329 e. The van der Waals surface area contributed by atoms with Gasteiger partial charge in [-0.2, -0.15) is 0 Å². The van der Waals surface area contributed by atoms with Crippen LogP contribution in [-0.4, -0.2) is 0 Å². The van der Waals surface area contributed by atoms with Crippen LogP contribution >= 0.6 is 0 Å². The van der Waals surface area contributed by atoms with Gasteiger partial charge in [0.05, 0.1) is 0 Å². The van der Waals surface area contributed by atoms with E-state index in [1.165, 1.54) is 0 Å². The van der Waals surface area contributed by atoms with Crippen LogP contribution in [0.2, 0.25) is 0 Å². The predicted octanol–water partition coefficient (Wildman–Crippen LogP) is 7.24. The monoisotopic (exact) mass is 334 g/mol. The summed E-state index contributed by atoms with van der Waals surface area (Å²) in [6, 6.07) is 0. The molecular formula is C24H46. The summed E-state index contributed by atoms with van der Waals surface area (Å²) in [5.41, 5.74) is 0. The van der Waals surface area contributed by atoms with E-state index in [4.69, 9.17) is 0 Å². The maximum absolute atomic E-state index is 2.63. The molecule has 0 heterocycles. The highest BCUT2D eigenvalue weighted by Gasteiger charge is 2.49. The Balaban J connectivity index is 2.30. The third-order valence-corrected chi connectivity index (χ3v) is 10.3. The molecule has 0 aromatic carbocycles. The van der Waals surface area contributed by atoms with Crippen LogP contribution in [0.3, 0.4) is 0 Å². The molecule has 24 heavy (non-hydrogen) atoms. The molecule has 0 nitrogen and oxygen atoms in total. The van der Waals surface area contributed by atoms with Crippen LogP contribution in [0, 0.1) is 76.9 Å². The summed E-state index contributed by atoms with van der Waals surface area (Å²) < 4.78 is 0. The van der Waals surface area contributed by atoms with Gasteiger partial charge in [-0.05, 0) is 76.9 Å². The van der Waals surface area contributed by atoms with Crippen LogP contribution < -0.4 is 0 Å². The van der Waals surface area contributed by atoms with E-state index < -0.39 is 0 Å². The highest BCUT2D eigenvalue weighted by molar-refractivity contribution is 4.97. The fourth-order valence-electron chi connectivity index (χ4n) is 7.40. The normalized spacial score (nSPS) is 57.6. The van der Waals surface area contributed by atoms with Crippen LogP contribution in [0.25, 0.3) is 0 Å². The molecule has 0 amide bonds. The zero-order chi connectivity index (χ0) is 18.5. The molecular weight excluding hydrogens is 288 g/mol. The molecule has 0 radical (unpaired) electrons. The third kappa shape index (κ3) is 3.09. The first-order valence-electron chi connectivity index (χ1n) is 11.0. The maximum atomic E-state index is 2.63. The summed E-state index contributed by atoms with van der Waals surface area (Å²) >= 11 is 0. The van der Waals surface area contributed by atoms with E-state index in [9.17, 15) is 0 Å². The minimum absolute atomic E-state index is 0.856. The molecule has 0 heteroatoms. The van der Waals surface area contributed by atoms with E-state index in [0.29, 0.717) is 0 Å². The Morgan fingerprint density at radius 2 is 0.500 bits per heavy atom. The van der Waals surface area contributed by atoms with E-state index in [-0.39, 0.29) is 0 Å². The first-order valence-corrected chi connectivity index (χ1v) is 11.0. The average Bonchev–Trinajstić information content (AvgIpc) is 2.55. The molecule has 0 aromatic rings. The number of hydrogen-bond donors (Lipinski definition) is 0. The van der Waals surface area contributed by atoms with Crippen molar-refractivity contribution < 1.29 is 0 Å². The van der Waals surface area contributed by atoms with Gasteiger partial charge in [-0.25, -0.2) is 0 Å². The van der Waals surface area contributed by atoms with E-state index >= 15 is 0 Å².